The van der Waals surface area contributed by atoms with Crippen molar-refractivity contribution in [1.82, 2.24) is 0 Å². The van der Waals surface area contributed by atoms with E-state index < -0.39 is 16.1 Å². The Kier molecular flexibility index (Phi) is 59.3. The van der Waals surface area contributed by atoms with Crippen LogP contribution in [0, 0.1) is 20.8 Å². The summed E-state index contributed by atoms with van der Waals surface area (Å²) >= 11 is 16.5. The van der Waals surface area contributed by atoms with Gasteiger partial charge in [0.2, 0.25) is 0 Å². The zero-order valence-corrected chi connectivity index (χ0v) is 36.4. The summed E-state index contributed by atoms with van der Waals surface area (Å²) in [5.41, 5.74) is 5.71. The fourth-order valence-corrected chi connectivity index (χ4v) is 6.10. The number of hydrogen-bond donors (Lipinski definition) is 2. The van der Waals surface area contributed by atoms with Gasteiger partial charge in [-0.1, -0.05) is 139 Å². The summed E-state index contributed by atoms with van der Waals surface area (Å²) in [5, 5.41) is 17.4. The van der Waals surface area contributed by atoms with Gasteiger partial charge in [0.1, 0.15) is 0 Å². The zero-order chi connectivity index (χ0) is 32.9. The number of hydrogen-bond acceptors (Lipinski definition) is 6. The van der Waals surface area contributed by atoms with Gasteiger partial charge in [0.25, 0.3) is 0 Å². The molecule has 0 atom stereocenters. The van der Waals surface area contributed by atoms with Crippen LogP contribution >= 0.6 is 0 Å². The first-order valence-corrected chi connectivity index (χ1v) is 26.0. The molecule has 0 fully saturated rings. The van der Waals surface area contributed by atoms with Crippen LogP contribution in [0.1, 0.15) is 69.4 Å². The third-order valence-electron chi connectivity index (χ3n) is 8.18. The molecule has 0 aliphatic heterocycles. The van der Waals surface area contributed by atoms with Crippen molar-refractivity contribution in [3.8, 4) is 0 Å². The van der Waals surface area contributed by atoms with Gasteiger partial charge in [0.15, 0.2) is 0 Å². The van der Waals surface area contributed by atoms with E-state index in [0.29, 0.717) is 0 Å². The SMILES string of the molecule is CC[Si](C)(CC)CC.CC[Si](C)(CC)CC.Cc1ccc(CO)cc1.Cc1ccc(CO)cc1C.O.O.O.O.S=S=S.S=S=S. The van der Waals surface area contributed by atoms with Gasteiger partial charge in [-0.25, -0.2) is 0 Å². The van der Waals surface area contributed by atoms with Gasteiger partial charge in [-0.2, -0.15) is 0 Å². The smallest absolute Gasteiger partial charge is 0.0681 e. The Labute approximate surface area is 303 Å². The van der Waals surface area contributed by atoms with E-state index in [1.807, 2.05) is 49.4 Å². The lowest BCUT2D eigenvalue weighted by Gasteiger charge is -2.20. The first kappa shape index (κ1) is 63.6. The van der Waals surface area contributed by atoms with Crippen LogP contribution in [0.5, 0.6) is 0 Å². The Morgan fingerprint density at radius 1 is 0.511 bits per heavy atom. The van der Waals surface area contributed by atoms with Crippen LogP contribution in [0.15, 0.2) is 42.5 Å². The molecule has 0 saturated carbocycles. The minimum Gasteiger partial charge on any atom is -0.412 e. The molecule has 0 aliphatic rings. The number of benzene rings is 2. The summed E-state index contributed by atoms with van der Waals surface area (Å²) in [6, 6.07) is 22.6. The van der Waals surface area contributed by atoms with E-state index in [9.17, 15) is 0 Å². The van der Waals surface area contributed by atoms with Crippen molar-refractivity contribution in [2.45, 2.75) is 125 Å². The molecular weight excluding hydrogens is 717 g/mol. The molecule has 2 rings (SSSR count). The molecule has 0 aromatic heterocycles. The molecule has 6 nitrogen and oxygen atoms in total. The number of aliphatic hydroxyl groups excluding tert-OH is 2. The predicted octanol–water partition coefficient (Wildman–Crippen LogP) is 6.22. The maximum absolute atomic E-state index is 8.75. The summed E-state index contributed by atoms with van der Waals surface area (Å²) in [6.45, 7) is 25.4. The average Bonchev–Trinajstić information content (AvgIpc) is 3.00. The van der Waals surface area contributed by atoms with Crippen LogP contribution in [0.25, 0.3) is 0 Å². The fraction of sp³-hybridized carbons (Fsp3) is 0.613. The molecule has 0 heterocycles. The van der Waals surface area contributed by atoms with Crippen LogP contribution in [0.3, 0.4) is 0 Å². The highest BCUT2D eigenvalue weighted by Gasteiger charge is 2.18. The molecule has 2 aromatic rings. The van der Waals surface area contributed by atoms with E-state index in [-0.39, 0.29) is 35.1 Å². The highest BCUT2D eigenvalue weighted by atomic mass is 33.1. The third kappa shape index (κ3) is 38.3. The van der Waals surface area contributed by atoms with E-state index in [4.69, 9.17) is 10.2 Å². The van der Waals surface area contributed by atoms with Crippen LogP contribution in [-0.2, 0) is 75.7 Å². The molecule has 45 heavy (non-hydrogen) atoms. The Morgan fingerprint density at radius 3 is 0.978 bits per heavy atom. The highest BCUT2D eigenvalue weighted by molar-refractivity contribution is 8.37. The Bertz CT molecular complexity index is 919. The molecule has 0 spiro atoms. The van der Waals surface area contributed by atoms with E-state index in [1.54, 1.807) is 0 Å². The lowest BCUT2D eigenvalue weighted by Crippen LogP contribution is -2.25. The predicted molar refractivity (Wildman–Crippen MR) is 224 cm³/mol. The first-order valence-electron chi connectivity index (χ1n) is 14.4. The molecule has 0 unspecified atom stereocenters. The lowest BCUT2D eigenvalue weighted by molar-refractivity contribution is 0.281. The maximum atomic E-state index is 8.75. The fourth-order valence-electron chi connectivity index (χ4n) is 3.10. The second-order valence-electron chi connectivity index (χ2n) is 10.6. The van der Waals surface area contributed by atoms with Crippen molar-refractivity contribution in [3.05, 3.63) is 70.3 Å². The highest BCUT2D eigenvalue weighted by Crippen LogP contribution is 2.19. The maximum Gasteiger partial charge on any atom is 0.0681 e. The van der Waals surface area contributed by atoms with Gasteiger partial charge >= 0.3 is 0 Å². The summed E-state index contributed by atoms with van der Waals surface area (Å²) in [7, 11) is 0.491. The van der Waals surface area contributed by atoms with E-state index in [1.165, 1.54) is 53.0 Å². The Balaban J connectivity index is -0.0000000622. The average molecular weight is 783 g/mol. The standard InChI is InChI=1S/C9H12O.C8H10O.2C7H18Si.4H2O.2S3/c1-7-3-4-9(6-10)5-8(7)2;1-7-2-4-8(6-9)5-3-7;2*1-5-8(4,6-2)7-3;;;;;2*1-3-2/h3-5,10H,6H2,1-2H3;2-5,9H,6H2,1H3;2*5-7H2,1-4H3;4*1H2;;. The molecule has 2 aromatic carbocycles. The van der Waals surface area contributed by atoms with Crippen molar-refractivity contribution in [2.24, 2.45) is 0 Å². The third-order valence-corrected chi connectivity index (χ3v) is 18.4. The normalized spacial score (nSPS) is 8.91. The Morgan fingerprint density at radius 2 is 0.778 bits per heavy atom. The molecule has 14 heteroatoms. The van der Waals surface area contributed by atoms with Crippen LogP contribution < -0.4 is 0 Å². The van der Waals surface area contributed by atoms with Gasteiger partial charge in [-0.15, -0.1) is 0 Å². The minimum absolute atomic E-state index is 0. The van der Waals surface area contributed by atoms with Gasteiger partial charge < -0.3 is 32.1 Å². The quantitative estimate of drug-likeness (QED) is 0.302. The van der Waals surface area contributed by atoms with Gasteiger partial charge in [-0.3, -0.25) is 0 Å². The van der Waals surface area contributed by atoms with Crippen molar-refractivity contribution < 1.29 is 32.1 Å². The van der Waals surface area contributed by atoms with Gasteiger partial charge in [0.05, 0.1) is 13.2 Å². The monoisotopic (exact) mass is 782 g/mol. The molecule has 0 aliphatic carbocycles. The van der Waals surface area contributed by atoms with E-state index in [2.05, 4.69) is 113 Å². The van der Waals surface area contributed by atoms with Crippen LogP contribution in [0.4, 0.5) is 0 Å². The van der Waals surface area contributed by atoms with E-state index >= 15 is 0 Å². The molecule has 0 bridgehead atoms. The molecule has 0 radical (unpaired) electrons. The topological polar surface area (TPSA) is 166 Å². The zero-order valence-electron chi connectivity index (χ0n) is 29.5. The molecule has 0 amide bonds. The largest absolute Gasteiger partial charge is 0.412 e. The summed E-state index contributed by atoms with van der Waals surface area (Å²) in [4.78, 5) is 0. The summed E-state index contributed by atoms with van der Waals surface area (Å²) in [6.07, 6.45) is 0. The van der Waals surface area contributed by atoms with Crippen molar-refractivity contribution >= 4 is 78.7 Å². The van der Waals surface area contributed by atoms with Crippen molar-refractivity contribution in [2.75, 3.05) is 0 Å². The van der Waals surface area contributed by atoms with Crippen molar-refractivity contribution in [3.63, 3.8) is 0 Å². The van der Waals surface area contributed by atoms with Crippen LogP contribution in [-0.4, -0.2) is 48.3 Å². The molecular formula is C31H66O6S6Si2. The Hall–Kier alpha value is -0.0462. The first-order chi connectivity index (χ1) is 19.3. The molecule has 10 N–H and O–H groups in total. The van der Waals surface area contributed by atoms with E-state index in [0.717, 1.165) is 28.9 Å². The van der Waals surface area contributed by atoms with Gasteiger partial charge in [0, 0.05) is 78.7 Å². The van der Waals surface area contributed by atoms with Crippen LogP contribution in [0.2, 0.25) is 49.4 Å². The second-order valence-corrected chi connectivity index (χ2v) is 25.6. The number of aryl methyl sites for hydroxylation is 3. The molecule has 270 valence electrons. The second kappa shape index (κ2) is 42.0. The summed E-state index contributed by atoms with van der Waals surface area (Å²) < 4.78 is 0. The summed E-state index contributed by atoms with van der Waals surface area (Å²) in [5.74, 6) is 0. The van der Waals surface area contributed by atoms with Gasteiger partial charge in [-0.05, 0) is 43.0 Å². The minimum atomic E-state index is -0.671. The lowest BCUT2D eigenvalue weighted by atomic mass is 10.1. The molecule has 0 saturated heterocycles. The van der Waals surface area contributed by atoms with Crippen molar-refractivity contribution in [1.29, 1.82) is 0 Å². The number of rotatable bonds is 8. The number of aliphatic hydroxyl groups is 2.